The third-order valence-electron chi connectivity index (χ3n) is 4.49. The fourth-order valence-electron chi connectivity index (χ4n) is 3.16. The first-order chi connectivity index (χ1) is 14.1. The Morgan fingerprint density at radius 3 is 2.72 bits per heavy atom. The second-order valence-electron chi connectivity index (χ2n) is 6.81. The zero-order valence-corrected chi connectivity index (χ0v) is 16.1. The minimum Gasteiger partial charge on any atom is -0.490 e. The van der Waals surface area contributed by atoms with Crippen LogP contribution in [0.25, 0.3) is 11.3 Å². The Balaban J connectivity index is 1.62. The number of carbonyl (C=O) groups is 1. The first-order valence-electron chi connectivity index (χ1n) is 9.43. The lowest BCUT2D eigenvalue weighted by atomic mass is 10.1. The summed E-state index contributed by atoms with van der Waals surface area (Å²) >= 11 is 0. The highest BCUT2D eigenvalue weighted by Gasteiger charge is 2.13. The van der Waals surface area contributed by atoms with E-state index < -0.39 is 0 Å². The molecule has 3 aromatic rings. The van der Waals surface area contributed by atoms with Crippen molar-refractivity contribution in [3.05, 3.63) is 70.5 Å². The van der Waals surface area contributed by atoms with Crippen LogP contribution in [0.3, 0.4) is 0 Å². The lowest BCUT2D eigenvalue weighted by Gasteiger charge is -2.11. The van der Waals surface area contributed by atoms with Gasteiger partial charge in [0.15, 0.2) is 11.5 Å². The molecule has 0 unspecified atom stereocenters. The van der Waals surface area contributed by atoms with Crippen molar-refractivity contribution in [3.8, 4) is 22.8 Å². The zero-order chi connectivity index (χ0) is 20.2. The van der Waals surface area contributed by atoms with Gasteiger partial charge >= 0.3 is 0 Å². The summed E-state index contributed by atoms with van der Waals surface area (Å²) in [7, 11) is 0. The van der Waals surface area contributed by atoms with Gasteiger partial charge in [0.25, 0.3) is 5.56 Å². The molecule has 0 atom stereocenters. The summed E-state index contributed by atoms with van der Waals surface area (Å²) in [4.78, 5) is 23.6. The monoisotopic (exact) mass is 391 g/mol. The maximum Gasteiger partial charge on any atom is 0.267 e. The van der Waals surface area contributed by atoms with Gasteiger partial charge in [-0.2, -0.15) is 5.10 Å². The van der Waals surface area contributed by atoms with Gasteiger partial charge in [-0.15, -0.1) is 0 Å². The predicted octanol–water partition coefficient (Wildman–Crippen LogP) is 3.08. The fourth-order valence-corrected chi connectivity index (χ4v) is 3.16. The maximum absolute atomic E-state index is 12.3. The average Bonchev–Trinajstić information content (AvgIpc) is 2.94. The molecule has 1 aromatic heterocycles. The van der Waals surface area contributed by atoms with E-state index in [1.165, 1.54) is 17.7 Å². The van der Waals surface area contributed by atoms with Gasteiger partial charge in [-0.1, -0.05) is 12.1 Å². The van der Waals surface area contributed by atoms with Crippen LogP contribution in [0.1, 0.15) is 18.9 Å². The number of rotatable bonds is 4. The summed E-state index contributed by atoms with van der Waals surface area (Å²) in [6.07, 6.45) is 0.838. The van der Waals surface area contributed by atoms with Crippen molar-refractivity contribution in [2.75, 3.05) is 18.5 Å². The molecule has 7 heteroatoms. The van der Waals surface area contributed by atoms with Gasteiger partial charge in [0, 0.05) is 30.7 Å². The molecule has 1 aliphatic rings. The van der Waals surface area contributed by atoms with Crippen LogP contribution in [-0.2, 0) is 11.3 Å². The number of nitrogens with one attached hydrogen (secondary N) is 1. The first kappa shape index (κ1) is 18.7. The summed E-state index contributed by atoms with van der Waals surface area (Å²) < 4.78 is 12.8. The molecule has 4 rings (SSSR count). The normalized spacial score (nSPS) is 12.9. The third kappa shape index (κ3) is 4.45. The van der Waals surface area contributed by atoms with E-state index in [1.54, 1.807) is 12.1 Å². The van der Waals surface area contributed by atoms with E-state index in [2.05, 4.69) is 10.4 Å². The van der Waals surface area contributed by atoms with Gasteiger partial charge in [0.05, 0.1) is 25.5 Å². The average molecular weight is 391 g/mol. The number of aromatic nitrogens is 2. The number of hydrogen-bond donors (Lipinski definition) is 1. The van der Waals surface area contributed by atoms with Crippen molar-refractivity contribution in [1.29, 1.82) is 0 Å². The molecule has 2 heterocycles. The van der Waals surface area contributed by atoms with Crippen LogP contribution in [0, 0.1) is 0 Å². The number of benzene rings is 2. The van der Waals surface area contributed by atoms with E-state index >= 15 is 0 Å². The molecule has 0 saturated heterocycles. The highest BCUT2D eigenvalue weighted by Crippen LogP contribution is 2.33. The maximum atomic E-state index is 12.3. The highest BCUT2D eigenvalue weighted by atomic mass is 16.5. The topological polar surface area (TPSA) is 82.5 Å². The Labute approximate surface area is 167 Å². The van der Waals surface area contributed by atoms with Crippen molar-refractivity contribution in [3.63, 3.8) is 0 Å². The van der Waals surface area contributed by atoms with Gasteiger partial charge in [-0.25, -0.2) is 4.68 Å². The second kappa shape index (κ2) is 8.18. The molecule has 0 spiro atoms. The highest BCUT2D eigenvalue weighted by molar-refractivity contribution is 5.88. The lowest BCUT2D eigenvalue weighted by Crippen LogP contribution is -2.23. The van der Waals surface area contributed by atoms with E-state index in [0.717, 1.165) is 17.5 Å². The van der Waals surface area contributed by atoms with Gasteiger partial charge in [-0.05, 0) is 42.0 Å². The molecule has 0 bridgehead atoms. The van der Waals surface area contributed by atoms with Gasteiger partial charge in [0.1, 0.15) is 0 Å². The molecule has 29 heavy (non-hydrogen) atoms. The van der Waals surface area contributed by atoms with Crippen LogP contribution < -0.4 is 20.3 Å². The number of anilines is 1. The Bertz CT molecular complexity index is 1110. The number of carbonyl (C=O) groups excluding carboxylic acids is 1. The second-order valence-corrected chi connectivity index (χ2v) is 6.81. The molecular formula is C22H21N3O4. The van der Waals surface area contributed by atoms with Crippen LogP contribution in [0.15, 0.2) is 59.4 Å². The lowest BCUT2D eigenvalue weighted by molar-refractivity contribution is -0.114. The van der Waals surface area contributed by atoms with Crippen LogP contribution in [-0.4, -0.2) is 28.9 Å². The number of amides is 1. The zero-order valence-electron chi connectivity index (χ0n) is 16.1. The van der Waals surface area contributed by atoms with Crippen LogP contribution in [0.5, 0.6) is 11.5 Å². The molecular weight excluding hydrogens is 370 g/mol. The molecule has 2 aromatic carbocycles. The largest absolute Gasteiger partial charge is 0.490 e. The number of hydrogen-bond acceptors (Lipinski definition) is 5. The van der Waals surface area contributed by atoms with Crippen molar-refractivity contribution < 1.29 is 14.3 Å². The minimum absolute atomic E-state index is 0.145. The summed E-state index contributed by atoms with van der Waals surface area (Å²) in [5.74, 6) is 1.26. The Morgan fingerprint density at radius 2 is 1.90 bits per heavy atom. The molecule has 1 N–H and O–H groups in total. The Kier molecular flexibility index (Phi) is 5.29. The molecule has 7 nitrogen and oxygen atoms in total. The van der Waals surface area contributed by atoms with Crippen LogP contribution >= 0.6 is 0 Å². The molecule has 1 amide bonds. The summed E-state index contributed by atoms with van der Waals surface area (Å²) in [6, 6.07) is 16.2. The van der Waals surface area contributed by atoms with E-state index in [9.17, 15) is 9.59 Å². The molecule has 0 saturated carbocycles. The molecule has 0 radical (unpaired) electrons. The summed E-state index contributed by atoms with van der Waals surface area (Å²) in [6.45, 7) is 2.99. The number of ether oxygens (including phenoxy) is 2. The van der Waals surface area contributed by atoms with Crippen molar-refractivity contribution in [2.24, 2.45) is 0 Å². The van der Waals surface area contributed by atoms with Crippen molar-refractivity contribution >= 4 is 11.6 Å². The van der Waals surface area contributed by atoms with E-state index in [0.29, 0.717) is 42.6 Å². The number of fused-ring (bicyclic) bond motifs is 1. The fraction of sp³-hybridized carbons (Fsp3) is 0.227. The van der Waals surface area contributed by atoms with Gasteiger partial charge in [-0.3, -0.25) is 9.59 Å². The van der Waals surface area contributed by atoms with E-state index in [-0.39, 0.29) is 11.5 Å². The SMILES string of the molecule is CC(=O)Nc1cccc(Cn2nc(-c3ccc4c(c3)OCCCO4)ccc2=O)c1. The molecule has 0 fully saturated rings. The smallest absolute Gasteiger partial charge is 0.267 e. The van der Waals surface area contributed by atoms with Crippen LogP contribution in [0.2, 0.25) is 0 Å². The van der Waals surface area contributed by atoms with Crippen LogP contribution in [0.4, 0.5) is 5.69 Å². The van der Waals surface area contributed by atoms with E-state index in [1.807, 2.05) is 36.4 Å². The predicted molar refractivity (Wildman–Crippen MR) is 109 cm³/mol. The Morgan fingerprint density at radius 1 is 1.07 bits per heavy atom. The molecule has 148 valence electrons. The quantitative estimate of drug-likeness (QED) is 0.739. The first-order valence-corrected chi connectivity index (χ1v) is 9.43. The number of nitrogens with zero attached hydrogens (tertiary/aromatic N) is 2. The third-order valence-corrected chi connectivity index (χ3v) is 4.49. The van der Waals surface area contributed by atoms with Crippen molar-refractivity contribution in [1.82, 2.24) is 9.78 Å². The minimum atomic E-state index is -0.201. The Hall–Kier alpha value is -3.61. The summed E-state index contributed by atoms with van der Waals surface area (Å²) in [5.41, 5.74) is 2.85. The molecule has 0 aliphatic carbocycles. The van der Waals surface area contributed by atoms with Gasteiger partial charge < -0.3 is 14.8 Å². The summed E-state index contributed by atoms with van der Waals surface area (Å²) in [5, 5.41) is 7.27. The van der Waals surface area contributed by atoms with Crippen molar-refractivity contribution in [2.45, 2.75) is 19.9 Å². The standard InChI is InChI=1S/C22H21N3O4/c1-15(26)23-18-5-2-4-16(12-18)14-25-22(27)9-7-19(24-25)17-6-8-20-21(13-17)29-11-3-10-28-20/h2,4-9,12-13H,3,10-11,14H2,1H3,(H,23,26). The van der Waals surface area contributed by atoms with E-state index in [4.69, 9.17) is 9.47 Å². The molecule has 1 aliphatic heterocycles. The van der Waals surface area contributed by atoms with Gasteiger partial charge in [0.2, 0.25) is 5.91 Å².